The number of allylic oxidation sites excluding steroid dienone is 1. The van der Waals surface area contributed by atoms with E-state index in [4.69, 9.17) is 9.47 Å². The van der Waals surface area contributed by atoms with E-state index in [1.54, 1.807) is 20.3 Å². The van der Waals surface area contributed by atoms with Gasteiger partial charge in [-0.3, -0.25) is 9.36 Å². The molecule has 0 aromatic heterocycles. The molecule has 6 heteroatoms. The van der Waals surface area contributed by atoms with E-state index >= 15 is 0 Å². The van der Waals surface area contributed by atoms with Crippen LogP contribution >= 0.6 is 8.46 Å². The Morgan fingerprint density at radius 1 is 0.895 bits per heavy atom. The molecule has 8 atom stereocenters. The minimum absolute atomic E-state index is 0.0592. The van der Waals surface area contributed by atoms with Crippen molar-refractivity contribution in [1.29, 1.82) is 0 Å². The van der Waals surface area contributed by atoms with Crippen LogP contribution in [0.3, 0.4) is 0 Å². The zero-order valence-corrected chi connectivity index (χ0v) is 27.1. The summed E-state index contributed by atoms with van der Waals surface area (Å²) in [4.78, 5) is 11.8. The van der Waals surface area contributed by atoms with Gasteiger partial charge < -0.3 is 14.2 Å². The van der Waals surface area contributed by atoms with Crippen LogP contribution in [0.1, 0.15) is 93.9 Å². The van der Waals surface area contributed by atoms with E-state index in [1.807, 2.05) is 19.9 Å². The van der Waals surface area contributed by atoms with E-state index in [0.29, 0.717) is 24.4 Å². The molecule has 0 aliphatic carbocycles. The van der Waals surface area contributed by atoms with Crippen molar-refractivity contribution in [3.8, 4) is 0 Å². The molecule has 0 amide bonds. The summed E-state index contributed by atoms with van der Waals surface area (Å²) in [5.41, 5.74) is 1.47. The van der Waals surface area contributed by atoms with Crippen molar-refractivity contribution < 1.29 is 23.6 Å². The normalized spacial score (nSPS) is 28.8. The second-order valence-electron chi connectivity index (χ2n) is 10.5. The summed E-state index contributed by atoms with van der Waals surface area (Å²) in [6.07, 6.45) is 13.4. The number of ketones is 1. The maximum absolute atomic E-state index is 11.8. The van der Waals surface area contributed by atoms with Crippen LogP contribution in [-0.4, -0.2) is 50.6 Å². The smallest absolute Gasteiger partial charge is 0.167 e. The van der Waals surface area contributed by atoms with Gasteiger partial charge in [0.25, 0.3) is 0 Å². The fourth-order valence-corrected chi connectivity index (χ4v) is 4.55. The summed E-state index contributed by atoms with van der Waals surface area (Å²) in [7, 11) is 3.50. The molecule has 2 saturated heterocycles. The Morgan fingerprint density at radius 3 is 1.66 bits per heavy atom. The fraction of sp³-hybridized carbons (Fsp3) is 0.781. The Morgan fingerprint density at radius 2 is 1.29 bits per heavy atom. The first-order valence-electron chi connectivity index (χ1n) is 14.5. The molecule has 0 bridgehead atoms. The molecule has 2 aliphatic rings. The van der Waals surface area contributed by atoms with Gasteiger partial charge in [-0.25, -0.2) is 0 Å². The van der Waals surface area contributed by atoms with E-state index in [-0.39, 0.29) is 38.5 Å². The topological polar surface area (TPSA) is 61.8 Å². The summed E-state index contributed by atoms with van der Waals surface area (Å²) in [6, 6.07) is 0. The average molecular weight is 555 g/mol. The van der Waals surface area contributed by atoms with E-state index in [2.05, 4.69) is 65.5 Å². The summed E-state index contributed by atoms with van der Waals surface area (Å²) in [5.74, 6) is 2.27. The minimum atomic E-state index is -0.230. The van der Waals surface area contributed by atoms with Crippen molar-refractivity contribution in [2.75, 3.05) is 20.4 Å². The van der Waals surface area contributed by atoms with E-state index < -0.39 is 0 Å². The number of methoxy groups -OCH3 is 1. The van der Waals surface area contributed by atoms with Crippen LogP contribution in [0.4, 0.5) is 0 Å². The molecule has 38 heavy (non-hydrogen) atoms. The van der Waals surface area contributed by atoms with E-state index in [9.17, 15) is 9.36 Å². The highest BCUT2D eigenvalue weighted by Crippen LogP contribution is 2.37. The van der Waals surface area contributed by atoms with Crippen LogP contribution in [0.5, 0.6) is 0 Å². The van der Waals surface area contributed by atoms with Gasteiger partial charge >= 0.3 is 0 Å². The molecule has 2 heterocycles. The highest BCUT2D eigenvalue weighted by molar-refractivity contribution is 7.23. The van der Waals surface area contributed by atoms with Crippen molar-refractivity contribution >= 4 is 14.2 Å². The van der Waals surface area contributed by atoms with Gasteiger partial charge in [-0.15, -0.1) is 13.2 Å². The number of hydrogen-bond donors (Lipinski definition) is 0. The van der Waals surface area contributed by atoms with Crippen LogP contribution in [0, 0.1) is 23.7 Å². The Labute approximate surface area is 237 Å². The predicted octanol–water partition coefficient (Wildman–Crippen LogP) is 8.88. The molecule has 2 rings (SSSR count). The van der Waals surface area contributed by atoms with Gasteiger partial charge in [0, 0.05) is 32.2 Å². The molecule has 0 radical (unpaired) electrons. The summed E-state index contributed by atoms with van der Waals surface area (Å²) >= 11 is 0. The molecule has 222 valence electrons. The van der Waals surface area contributed by atoms with E-state index in [0.717, 1.165) is 31.3 Å². The number of carbonyl (C=O) groups is 1. The van der Waals surface area contributed by atoms with Gasteiger partial charge in [-0.2, -0.15) is 0 Å². The quantitative estimate of drug-likeness (QED) is 0.188. The summed E-state index contributed by atoms with van der Waals surface area (Å²) in [5, 5.41) is 0. The Kier molecular flexibility index (Phi) is 24.4. The van der Waals surface area contributed by atoms with E-state index in [1.165, 1.54) is 18.4 Å². The largest absolute Gasteiger partial charge is 0.388 e. The van der Waals surface area contributed by atoms with Gasteiger partial charge in [-0.1, -0.05) is 79.5 Å². The Balaban J connectivity index is 0. The van der Waals surface area contributed by atoms with Crippen molar-refractivity contribution in [2.45, 2.75) is 118 Å². The standard InChI is InChI=1S/C15H26O.C13H22O2.C2H5OP.C2H6O/c1-6-9-14-13(8-3)12(5)15(16-14)10-11(4)7-2;1-5-7-11-13(14)10(4)12(15-11)8-9(3)6-2;1-2-4-3;1-3-2/h6,8,11-12,14-15H,1,7,9-10H2,2-5H3;5,9-12H,1,6-8H2,2-4H3;2H2,1H3;1-2H3/t11-,12-,14+,15-;9-,10+,11+,12-;;/m11../s1. The molecule has 0 saturated carbocycles. The Hall–Kier alpha value is -1.13. The van der Waals surface area contributed by atoms with Crippen LogP contribution in [-0.2, 0) is 23.6 Å². The number of carbonyl (C=O) groups excluding carboxylic acids is 1. The third-order valence-corrected chi connectivity index (χ3v) is 7.60. The molecule has 2 fully saturated rings. The van der Waals surface area contributed by atoms with Crippen LogP contribution in [0.15, 0.2) is 37.0 Å². The first-order valence-corrected chi connectivity index (χ1v) is 15.5. The van der Waals surface area contributed by atoms with Gasteiger partial charge in [0.15, 0.2) is 14.2 Å². The zero-order valence-electron chi connectivity index (χ0n) is 26.2. The zero-order chi connectivity index (χ0) is 29.7. The number of hydrogen-bond acceptors (Lipinski definition) is 5. The number of Topliss-reactive ketones (excluding diaryl/α,β-unsaturated/α-hetero) is 1. The fourth-order valence-electron chi connectivity index (χ4n) is 4.55. The number of ether oxygens (including phenoxy) is 3. The predicted molar refractivity (Wildman–Crippen MR) is 163 cm³/mol. The lowest BCUT2D eigenvalue weighted by atomic mass is 9.89. The average Bonchev–Trinajstić information content (AvgIpc) is 3.34. The summed E-state index contributed by atoms with van der Waals surface area (Å²) in [6.45, 7) is 24.7. The lowest BCUT2D eigenvalue weighted by Gasteiger charge is -2.18. The highest BCUT2D eigenvalue weighted by Gasteiger charge is 2.39. The highest BCUT2D eigenvalue weighted by atomic mass is 31.1. The molecule has 2 aliphatic heterocycles. The molecule has 5 nitrogen and oxygen atoms in total. The number of rotatable bonds is 11. The molecule has 0 N–H and O–H groups in total. The molecular weight excluding hydrogens is 495 g/mol. The summed E-state index contributed by atoms with van der Waals surface area (Å²) < 4.78 is 25.4. The van der Waals surface area contributed by atoms with Crippen molar-refractivity contribution in [3.63, 3.8) is 0 Å². The SMILES string of the molecule is C=CC[C@@H]1O[C@H](C[C@H](C)CC)[C@H](C)C1=CC.C=CC[C@@H]1O[C@H](C[C@H](C)CC)[C@H](C)C1=O.CCP=O.COC. The maximum atomic E-state index is 11.8. The van der Waals surface area contributed by atoms with Gasteiger partial charge in [0.1, 0.15) is 6.10 Å². The minimum Gasteiger partial charge on any atom is -0.388 e. The van der Waals surface area contributed by atoms with Crippen LogP contribution in [0.25, 0.3) is 0 Å². The second kappa shape index (κ2) is 23.7. The van der Waals surface area contributed by atoms with Crippen LogP contribution < -0.4 is 0 Å². The molecule has 0 aromatic rings. The molecule has 0 unspecified atom stereocenters. The maximum Gasteiger partial charge on any atom is 0.167 e. The first-order chi connectivity index (χ1) is 18.1. The third kappa shape index (κ3) is 14.9. The van der Waals surface area contributed by atoms with Gasteiger partial charge in [0.2, 0.25) is 0 Å². The van der Waals surface area contributed by atoms with Gasteiger partial charge in [0.05, 0.1) is 18.3 Å². The first kappa shape index (κ1) is 39.0. The molecular formula is C32H59O5P. The molecule has 0 spiro atoms. The Bertz CT molecular complexity index is 677. The van der Waals surface area contributed by atoms with Crippen LogP contribution in [0.2, 0.25) is 0 Å². The van der Waals surface area contributed by atoms with Crippen molar-refractivity contribution in [2.24, 2.45) is 23.7 Å². The van der Waals surface area contributed by atoms with Crippen molar-refractivity contribution in [3.05, 3.63) is 37.0 Å². The van der Waals surface area contributed by atoms with Gasteiger partial charge in [-0.05, 0) is 50.0 Å². The van der Waals surface area contributed by atoms with Crippen molar-refractivity contribution in [1.82, 2.24) is 0 Å². The lowest BCUT2D eigenvalue weighted by molar-refractivity contribution is -0.124. The second-order valence-corrected chi connectivity index (χ2v) is 11.4. The third-order valence-electron chi connectivity index (χ3n) is 7.34. The molecule has 0 aromatic carbocycles. The monoisotopic (exact) mass is 554 g/mol. The lowest BCUT2D eigenvalue weighted by Crippen LogP contribution is -2.20.